The van der Waals surface area contributed by atoms with Crippen molar-refractivity contribution in [1.29, 1.82) is 0 Å². The second-order valence-electron chi connectivity index (χ2n) is 5.54. The molecule has 122 valence electrons. The van der Waals surface area contributed by atoms with Crippen molar-refractivity contribution < 1.29 is 4.79 Å². The van der Waals surface area contributed by atoms with Crippen LogP contribution in [-0.2, 0) is 11.2 Å². The zero-order chi connectivity index (χ0) is 16.7. The van der Waals surface area contributed by atoms with Crippen LogP contribution in [0.4, 0.5) is 5.69 Å². The van der Waals surface area contributed by atoms with Crippen molar-refractivity contribution in [3.05, 3.63) is 58.6 Å². The molecular formula is C18H21BrN2OS. The van der Waals surface area contributed by atoms with Gasteiger partial charge in [-0.25, -0.2) is 0 Å². The smallest absolute Gasteiger partial charge is 0.234 e. The Hall–Kier alpha value is -1.30. The maximum atomic E-state index is 12.0. The third-order valence-electron chi connectivity index (χ3n) is 3.27. The molecule has 0 radical (unpaired) electrons. The van der Waals surface area contributed by atoms with Gasteiger partial charge in [0.05, 0.1) is 5.75 Å². The number of rotatable bonds is 7. The normalized spacial score (nSPS) is 10.8. The molecule has 0 aliphatic rings. The second kappa shape index (κ2) is 9.11. The van der Waals surface area contributed by atoms with E-state index in [-0.39, 0.29) is 5.91 Å². The van der Waals surface area contributed by atoms with Crippen molar-refractivity contribution in [2.45, 2.75) is 11.3 Å². The number of nitrogens with zero attached hydrogens (tertiary/aromatic N) is 1. The topological polar surface area (TPSA) is 32.3 Å². The van der Waals surface area contributed by atoms with Crippen molar-refractivity contribution in [3.63, 3.8) is 0 Å². The number of nitrogens with one attached hydrogen (secondary N) is 1. The molecule has 0 fully saturated rings. The van der Waals surface area contributed by atoms with Crippen LogP contribution in [0.25, 0.3) is 0 Å². The molecule has 0 unspecified atom stereocenters. The van der Waals surface area contributed by atoms with Crippen LogP contribution >= 0.6 is 27.7 Å². The van der Waals surface area contributed by atoms with Crippen molar-refractivity contribution in [1.82, 2.24) is 4.90 Å². The lowest BCUT2D eigenvalue weighted by Gasteiger charge is -2.10. The highest BCUT2D eigenvalue weighted by molar-refractivity contribution is 9.10. The SMILES string of the molecule is CN(C)CCc1ccc(NC(=O)CSc2ccc(Br)cc2)cc1. The number of likely N-dealkylation sites (N-methyl/N-ethyl adjacent to an activating group) is 1. The predicted molar refractivity (Wildman–Crippen MR) is 102 cm³/mol. The lowest BCUT2D eigenvalue weighted by Crippen LogP contribution is -2.15. The van der Waals surface area contributed by atoms with Gasteiger partial charge in [0.1, 0.15) is 0 Å². The molecule has 0 spiro atoms. The van der Waals surface area contributed by atoms with Crippen LogP contribution in [0, 0.1) is 0 Å². The molecule has 2 aromatic rings. The van der Waals surface area contributed by atoms with Gasteiger partial charge in [-0.2, -0.15) is 0 Å². The van der Waals surface area contributed by atoms with Crippen molar-refractivity contribution in [2.24, 2.45) is 0 Å². The van der Waals surface area contributed by atoms with E-state index in [0.29, 0.717) is 5.75 Å². The fraction of sp³-hybridized carbons (Fsp3) is 0.278. The molecule has 0 atom stereocenters. The molecule has 1 amide bonds. The largest absolute Gasteiger partial charge is 0.325 e. The van der Waals surface area contributed by atoms with Gasteiger partial charge < -0.3 is 10.2 Å². The minimum Gasteiger partial charge on any atom is -0.325 e. The number of amides is 1. The van der Waals surface area contributed by atoms with Gasteiger partial charge in [0.2, 0.25) is 5.91 Å². The summed E-state index contributed by atoms with van der Waals surface area (Å²) in [4.78, 5) is 15.3. The van der Waals surface area contributed by atoms with Gasteiger partial charge in [0.25, 0.3) is 0 Å². The molecule has 0 aromatic heterocycles. The number of carbonyl (C=O) groups excluding carboxylic acids is 1. The molecule has 0 bridgehead atoms. The summed E-state index contributed by atoms with van der Waals surface area (Å²) in [6.07, 6.45) is 1.01. The number of hydrogen-bond acceptors (Lipinski definition) is 3. The van der Waals surface area contributed by atoms with E-state index in [1.54, 1.807) is 0 Å². The Bertz CT molecular complexity index is 626. The van der Waals surface area contributed by atoms with Crippen LogP contribution in [0.2, 0.25) is 0 Å². The fourth-order valence-corrected chi connectivity index (χ4v) is 2.95. The van der Waals surface area contributed by atoms with E-state index in [1.807, 2.05) is 36.4 Å². The average molecular weight is 393 g/mol. The molecule has 0 saturated carbocycles. The summed E-state index contributed by atoms with van der Waals surface area (Å²) in [6.45, 7) is 1.02. The van der Waals surface area contributed by atoms with Gasteiger partial charge in [0, 0.05) is 21.6 Å². The predicted octanol–water partition coefficient (Wildman–Crippen LogP) is 4.28. The Kier molecular flexibility index (Phi) is 7.15. The number of hydrogen-bond donors (Lipinski definition) is 1. The minimum atomic E-state index is 0.0129. The maximum absolute atomic E-state index is 12.0. The van der Waals surface area contributed by atoms with Crippen molar-refractivity contribution >= 4 is 39.3 Å². The average Bonchev–Trinajstić information content (AvgIpc) is 2.53. The molecule has 2 rings (SSSR count). The van der Waals surface area contributed by atoms with Gasteiger partial charge in [-0.1, -0.05) is 28.1 Å². The molecular weight excluding hydrogens is 372 g/mol. The van der Waals surface area contributed by atoms with Gasteiger partial charge in [-0.15, -0.1) is 11.8 Å². The van der Waals surface area contributed by atoms with E-state index in [0.717, 1.165) is 28.0 Å². The fourth-order valence-electron chi connectivity index (χ4n) is 1.98. The molecule has 0 saturated heterocycles. The summed E-state index contributed by atoms with van der Waals surface area (Å²) in [5.74, 6) is 0.420. The number of thioether (sulfide) groups is 1. The van der Waals surface area contributed by atoms with Crippen molar-refractivity contribution in [3.8, 4) is 0 Å². The van der Waals surface area contributed by atoms with E-state index >= 15 is 0 Å². The summed E-state index contributed by atoms with van der Waals surface area (Å²) in [5, 5.41) is 2.94. The highest BCUT2D eigenvalue weighted by Crippen LogP contribution is 2.21. The zero-order valence-corrected chi connectivity index (χ0v) is 15.8. The monoisotopic (exact) mass is 392 g/mol. The first kappa shape index (κ1) is 18.0. The van der Waals surface area contributed by atoms with Gasteiger partial charge in [-0.3, -0.25) is 4.79 Å². The van der Waals surface area contributed by atoms with Crippen LogP contribution in [0.3, 0.4) is 0 Å². The maximum Gasteiger partial charge on any atom is 0.234 e. The van der Waals surface area contributed by atoms with Crippen LogP contribution in [0.15, 0.2) is 57.9 Å². The summed E-state index contributed by atoms with van der Waals surface area (Å²) >= 11 is 4.94. The Morgan fingerprint density at radius 2 is 1.74 bits per heavy atom. The molecule has 0 aliphatic carbocycles. The van der Waals surface area contributed by atoms with Crippen LogP contribution < -0.4 is 5.32 Å². The Balaban J connectivity index is 1.79. The standard InChI is InChI=1S/C18H21BrN2OS/c1-21(2)12-11-14-3-7-16(8-4-14)20-18(22)13-23-17-9-5-15(19)6-10-17/h3-10H,11-13H2,1-2H3,(H,20,22). The highest BCUT2D eigenvalue weighted by Gasteiger charge is 2.04. The van der Waals surface area contributed by atoms with Gasteiger partial charge in [-0.05, 0) is 62.5 Å². The first-order chi connectivity index (χ1) is 11.0. The summed E-state index contributed by atoms with van der Waals surface area (Å²) in [6, 6.07) is 16.0. The van der Waals surface area contributed by atoms with Crippen molar-refractivity contribution in [2.75, 3.05) is 31.7 Å². The third kappa shape index (κ3) is 6.77. The second-order valence-corrected chi connectivity index (χ2v) is 7.51. The first-order valence-corrected chi connectivity index (χ1v) is 9.22. The van der Waals surface area contributed by atoms with E-state index in [9.17, 15) is 4.79 Å². The highest BCUT2D eigenvalue weighted by atomic mass is 79.9. The van der Waals surface area contributed by atoms with E-state index in [1.165, 1.54) is 17.3 Å². The molecule has 1 N–H and O–H groups in total. The Labute approximate surface area is 150 Å². The molecule has 3 nitrogen and oxygen atoms in total. The van der Waals surface area contributed by atoms with E-state index in [2.05, 4.69) is 52.4 Å². The molecule has 0 heterocycles. The lowest BCUT2D eigenvalue weighted by molar-refractivity contribution is -0.113. The summed E-state index contributed by atoms with van der Waals surface area (Å²) < 4.78 is 1.04. The number of benzene rings is 2. The lowest BCUT2D eigenvalue weighted by atomic mass is 10.1. The van der Waals surface area contributed by atoms with Crippen LogP contribution in [-0.4, -0.2) is 37.2 Å². The number of carbonyl (C=O) groups is 1. The molecule has 23 heavy (non-hydrogen) atoms. The van der Waals surface area contributed by atoms with E-state index < -0.39 is 0 Å². The number of halogens is 1. The minimum absolute atomic E-state index is 0.0129. The third-order valence-corrected chi connectivity index (χ3v) is 4.81. The molecule has 5 heteroatoms. The summed E-state index contributed by atoms with van der Waals surface area (Å²) in [7, 11) is 4.13. The van der Waals surface area contributed by atoms with Crippen LogP contribution in [0.5, 0.6) is 0 Å². The first-order valence-electron chi connectivity index (χ1n) is 7.45. The Morgan fingerprint density at radius 1 is 1.09 bits per heavy atom. The molecule has 2 aromatic carbocycles. The van der Waals surface area contributed by atoms with E-state index in [4.69, 9.17) is 0 Å². The quantitative estimate of drug-likeness (QED) is 0.713. The van der Waals surface area contributed by atoms with Gasteiger partial charge in [0.15, 0.2) is 0 Å². The molecule has 0 aliphatic heterocycles. The van der Waals surface area contributed by atoms with Gasteiger partial charge >= 0.3 is 0 Å². The van der Waals surface area contributed by atoms with Crippen LogP contribution in [0.1, 0.15) is 5.56 Å². The summed E-state index contributed by atoms with van der Waals surface area (Å²) in [5.41, 5.74) is 2.13. The Morgan fingerprint density at radius 3 is 2.35 bits per heavy atom. The zero-order valence-electron chi connectivity index (χ0n) is 13.4. The number of anilines is 1.